The summed E-state index contributed by atoms with van der Waals surface area (Å²) in [6, 6.07) is 16.6. The minimum atomic E-state index is -0.429. The van der Waals surface area contributed by atoms with Gasteiger partial charge in [-0.1, -0.05) is 54.6 Å². The maximum atomic E-state index is 12.7. The first-order valence-electron chi connectivity index (χ1n) is 10.4. The third-order valence-electron chi connectivity index (χ3n) is 5.62. The minimum absolute atomic E-state index is 0.00913. The van der Waals surface area contributed by atoms with E-state index in [0.717, 1.165) is 28.3 Å². The van der Waals surface area contributed by atoms with Crippen LogP contribution in [0, 0.1) is 0 Å². The molecule has 1 N–H and O–H groups in total. The molecule has 2 aliphatic rings. The van der Waals surface area contributed by atoms with Crippen LogP contribution in [0.3, 0.4) is 0 Å². The van der Waals surface area contributed by atoms with Crippen molar-refractivity contribution in [1.29, 1.82) is 0 Å². The monoisotopic (exact) mass is 427 g/mol. The molecule has 2 amide bonds. The Morgan fingerprint density at radius 2 is 1.88 bits per heavy atom. The number of phenols is 1. The molecule has 3 aromatic rings. The van der Waals surface area contributed by atoms with Crippen LogP contribution in [0.25, 0.3) is 11.3 Å². The number of allylic oxidation sites excluding steroid dienone is 1. The lowest BCUT2D eigenvalue weighted by atomic mass is 10.00. The number of aromatic nitrogens is 2. The fourth-order valence-corrected chi connectivity index (χ4v) is 4.04. The van der Waals surface area contributed by atoms with Crippen LogP contribution >= 0.6 is 0 Å². The molecule has 2 heterocycles. The summed E-state index contributed by atoms with van der Waals surface area (Å²) in [5, 5.41) is 10.7. The van der Waals surface area contributed by atoms with Gasteiger partial charge < -0.3 is 9.67 Å². The average molecular weight is 427 g/mol. The molecule has 1 aliphatic heterocycles. The van der Waals surface area contributed by atoms with Gasteiger partial charge in [-0.15, -0.1) is 5.06 Å². The summed E-state index contributed by atoms with van der Waals surface area (Å²) in [4.78, 5) is 35.8. The van der Waals surface area contributed by atoms with E-state index < -0.39 is 11.8 Å². The van der Waals surface area contributed by atoms with E-state index in [2.05, 4.69) is 4.98 Å². The lowest BCUT2D eigenvalue weighted by molar-refractivity contribution is -0.190. The molecule has 1 aromatic heterocycles. The van der Waals surface area contributed by atoms with Gasteiger partial charge in [-0.2, -0.15) is 0 Å². The standard InChI is InChI=1S/C25H21N3O4/c29-19-10-6-7-17(13-19)14-27-16-26-23(18-8-2-1-3-9-18)22(27)15-32-28-24(30)20-11-4-5-12-21(20)25(28)31/h1-4,6-11,13,16,29H,5,12,14-15H2. The topological polar surface area (TPSA) is 84.7 Å². The molecule has 0 saturated heterocycles. The summed E-state index contributed by atoms with van der Waals surface area (Å²) >= 11 is 0. The van der Waals surface area contributed by atoms with Gasteiger partial charge in [0.15, 0.2) is 0 Å². The zero-order valence-corrected chi connectivity index (χ0v) is 17.3. The highest BCUT2D eigenvalue weighted by atomic mass is 16.7. The molecule has 0 saturated carbocycles. The Morgan fingerprint density at radius 1 is 1.03 bits per heavy atom. The molecule has 5 rings (SSSR count). The van der Waals surface area contributed by atoms with Crippen LogP contribution in [0.2, 0.25) is 0 Å². The second kappa shape index (κ2) is 8.28. The predicted octanol–water partition coefficient (Wildman–Crippen LogP) is 3.75. The molecule has 0 radical (unpaired) electrons. The average Bonchev–Trinajstić information content (AvgIpc) is 3.32. The first-order chi connectivity index (χ1) is 15.6. The van der Waals surface area contributed by atoms with E-state index in [1.165, 1.54) is 0 Å². The number of carbonyl (C=O) groups excluding carboxylic acids is 2. The Bertz CT molecular complexity index is 1260. The number of nitrogens with zero attached hydrogens (tertiary/aromatic N) is 3. The quantitative estimate of drug-likeness (QED) is 0.606. The summed E-state index contributed by atoms with van der Waals surface area (Å²) in [7, 11) is 0. The van der Waals surface area contributed by atoms with Crippen molar-refractivity contribution in [2.24, 2.45) is 0 Å². The Kier molecular flexibility index (Phi) is 5.17. The lowest BCUT2D eigenvalue weighted by Crippen LogP contribution is -2.32. The number of benzene rings is 2. The number of aromatic hydroxyl groups is 1. The smallest absolute Gasteiger partial charge is 0.285 e. The molecule has 7 heteroatoms. The lowest BCUT2D eigenvalue weighted by Gasteiger charge is -2.16. The number of imidazole rings is 1. The van der Waals surface area contributed by atoms with E-state index >= 15 is 0 Å². The summed E-state index contributed by atoms with van der Waals surface area (Å²) < 4.78 is 1.90. The van der Waals surface area contributed by atoms with Crippen molar-refractivity contribution in [2.75, 3.05) is 0 Å². The maximum Gasteiger partial charge on any atom is 0.285 e. The van der Waals surface area contributed by atoms with Gasteiger partial charge >= 0.3 is 0 Å². The molecule has 7 nitrogen and oxygen atoms in total. The van der Waals surface area contributed by atoms with Gasteiger partial charge in [0, 0.05) is 17.7 Å². The summed E-state index contributed by atoms with van der Waals surface area (Å²) in [6.45, 7) is 0.442. The van der Waals surface area contributed by atoms with E-state index in [4.69, 9.17) is 4.84 Å². The van der Waals surface area contributed by atoms with Crippen LogP contribution in [-0.2, 0) is 27.6 Å². The third kappa shape index (κ3) is 3.63. The maximum absolute atomic E-state index is 12.7. The van der Waals surface area contributed by atoms with E-state index in [1.807, 2.05) is 47.0 Å². The van der Waals surface area contributed by atoms with Gasteiger partial charge in [0.2, 0.25) is 0 Å². The third-order valence-corrected chi connectivity index (χ3v) is 5.62. The van der Waals surface area contributed by atoms with Crippen LogP contribution in [0.5, 0.6) is 5.75 Å². The van der Waals surface area contributed by atoms with Crippen molar-refractivity contribution >= 4 is 11.8 Å². The predicted molar refractivity (Wildman–Crippen MR) is 117 cm³/mol. The summed E-state index contributed by atoms with van der Waals surface area (Å²) in [5.74, 6) is -0.641. The van der Waals surface area contributed by atoms with E-state index in [9.17, 15) is 14.7 Å². The highest BCUT2D eigenvalue weighted by molar-refractivity contribution is 6.20. The normalized spacial score (nSPS) is 15.6. The van der Waals surface area contributed by atoms with Gasteiger partial charge in [0.25, 0.3) is 11.8 Å². The second-order valence-electron chi connectivity index (χ2n) is 7.72. The van der Waals surface area contributed by atoms with Gasteiger partial charge in [0.05, 0.1) is 23.3 Å². The molecular formula is C25H21N3O4. The van der Waals surface area contributed by atoms with Crippen molar-refractivity contribution in [2.45, 2.75) is 26.0 Å². The Hall–Kier alpha value is -3.97. The van der Waals surface area contributed by atoms with Crippen molar-refractivity contribution in [3.8, 4) is 17.0 Å². The largest absolute Gasteiger partial charge is 0.508 e. The van der Waals surface area contributed by atoms with Crippen LogP contribution in [-0.4, -0.2) is 31.5 Å². The van der Waals surface area contributed by atoms with Crippen LogP contribution < -0.4 is 0 Å². The van der Waals surface area contributed by atoms with Crippen LogP contribution in [0.1, 0.15) is 24.1 Å². The van der Waals surface area contributed by atoms with Crippen molar-refractivity contribution < 1.29 is 19.5 Å². The van der Waals surface area contributed by atoms with E-state index in [-0.39, 0.29) is 12.4 Å². The van der Waals surface area contributed by atoms with Crippen molar-refractivity contribution in [3.05, 3.63) is 95.5 Å². The number of rotatable bonds is 6. The number of hydroxylamine groups is 2. The fraction of sp³-hybridized carbons (Fsp3) is 0.160. The number of hydrogen-bond acceptors (Lipinski definition) is 5. The van der Waals surface area contributed by atoms with Gasteiger partial charge in [-0.25, -0.2) is 4.98 Å². The highest BCUT2D eigenvalue weighted by Gasteiger charge is 2.39. The highest BCUT2D eigenvalue weighted by Crippen LogP contribution is 2.30. The molecule has 0 unspecified atom stereocenters. The van der Waals surface area contributed by atoms with E-state index in [0.29, 0.717) is 29.8 Å². The second-order valence-corrected chi connectivity index (χ2v) is 7.72. The molecule has 2 aromatic carbocycles. The molecule has 0 fully saturated rings. The first kappa shape index (κ1) is 20.0. The van der Waals surface area contributed by atoms with Crippen molar-refractivity contribution in [3.63, 3.8) is 0 Å². The SMILES string of the molecule is O=C1C2=C(CCC=C2)C(=O)N1OCc1c(-c2ccccc2)ncn1Cc1cccc(O)c1. The zero-order valence-electron chi connectivity index (χ0n) is 17.3. The van der Waals surface area contributed by atoms with E-state index in [1.54, 1.807) is 30.6 Å². The molecule has 0 atom stereocenters. The summed E-state index contributed by atoms with van der Waals surface area (Å²) in [6.07, 6.45) is 6.57. The number of hydrogen-bond donors (Lipinski definition) is 1. The van der Waals surface area contributed by atoms with Crippen LogP contribution in [0.15, 0.2) is 84.2 Å². The number of imide groups is 1. The molecule has 32 heavy (non-hydrogen) atoms. The minimum Gasteiger partial charge on any atom is -0.508 e. The molecule has 1 aliphatic carbocycles. The molecule has 0 spiro atoms. The van der Waals surface area contributed by atoms with Gasteiger partial charge in [-0.05, 0) is 30.5 Å². The van der Waals surface area contributed by atoms with Crippen LogP contribution in [0.4, 0.5) is 0 Å². The first-order valence-corrected chi connectivity index (χ1v) is 10.4. The Balaban J connectivity index is 1.44. The molecular weight excluding hydrogens is 406 g/mol. The van der Waals surface area contributed by atoms with Gasteiger partial charge in [0.1, 0.15) is 12.4 Å². The molecule has 0 bridgehead atoms. The Labute approximate surface area is 184 Å². The number of carbonyl (C=O) groups is 2. The zero-order chi connectivity index (χ0) is 22.1. The summed E-state index contributed by atoms with van der Waals surface area (Å²) in [5.41, 5.74) is 4.15. The van der Waals surface area contributed by atoms with Gasteiger partial charge in [-0.3, -0.25) is 14.4 Å². The Morgan fingerprint density at radius 3 is 2.66 bits per heavy atom. The molecule has 160 valence electrons. The van der Waals surface area contributed by atoms with Crippen molar-refractivity contribution in [1.82, 2.24) is 14.6 Å². The number of phenolic OH excluding ortho intramolecular Hbond substituents is 1. The fourth-order valence-electron chi connectivity index (χ4n) is 4.04. The number of amides is 2.